The van der Waals surface area contributed by atoms with Crippen LogP contribution >= 0.6 is 11.8 Å². The van der Waals surface area contributed by atoms with Crippen LogP contribution in [0.2, 0.25) is 0 Å². The zero-order chi connectivity index (χ0) is 28.2. The molecule has 3 aromatic carbocycles. The monoisotopic (exact) mass is 563 g/mol. The Hall–Kier alpha value is -3.87. The Labute approximate surface area is 231 Å². The molecule has 0 aliphatic carbocycles. The molecule has 1 atom stereocenters. The molecule has 7 nitrogen and oxygen atoms in total. The number of hydrogen-bond donors (Lipinski definition) is 4. The van der Waals surface area contributed by atoms with Crippen molar-refractivity contribution in [2.24, 2.45) is 0 Å². The summed E-state index contributed by atoms with van der Waals surface area (Å²) in [4.78, 5) is 9.97. The average Bonchev–Trinajstić information content (AvgIpc) is 3.60. The number of nitrogens with one attached hydrogen (secondary N) is 2. The van der Waals surface area contributed by atoms with Crippen LogP contribution in [0.5, 0.6) is 17.2 Å². The average molecular weight is 563 g/mol. The molecule has 2 aromatic heterocycles. The first kappa shape index (κ1) is 26.4. The van der Waals surface area contributed by atoms with Crippen molar-refractivity contribution in [1.29, 1.82) is 0 Å². The maximum Gasteiger partial charge on any atom is 0.204 e. The molecule has 0 amide bonds. The first-order valence-electron chi connectivity index (χ1n) is 12.3. The zero-order valence-corrected chi connectivity index (χ0v) is 21.8. The van der Waals surface area contributed by atoms with Crippen molar-refractivity contribution in [1.82, 2.24) is 15.0 Å². The summed E-state index contributed by atoms with van der Waals surface area (Å²) in [5, 5.41) is 16.9. The number of rotatable bonds is 6. The predicted molar refractivity (Wildman–Crippen MR) is 144 cm³/mol. The number of nitrogens with zero attached hydrogens (tertiary/aromatic N) is 1. The van der Waals surface area contributed by atoms with E-state index in [0.717, 1.165) is 28.6 Å². The van der Waals surface area contributed by atoms with E-state index in [2.05, 4.69) is 15.0 Å². The van der Waals surface area contributed by atoms with Gasteiger partial charge in [0.15, 0.2) is 24.4 Å². The van der Waals surface area contributed by atoms with Gasteiger partial charge in [-0.15, -0.1) is 0 Å². The number of aliphatic hydroxyl groups is 2. The second kappa shape index (κ2) is 9.95. The third-order valence-corrected chi connectivity index (χ3v) is 7.63. The van der Waals surface area contributed by atoms with Gasteiger partial charge in [-0.1, -0.05) is 30.0 Å². The van der Waals surface area contributed by atoms with E-state index >= 15 is 4.39 Å². The Bertz CT molecular complexity index is 1750. The number of hydrogen-bond acceptors (Lipinski definition) is 6. The molecule has 3 heterocycles. The van der Waals surface area contributed by atoms with Gasteiger partial charge < -0.3 is 29.7 Å². The minimum absolute atomic E-state index is 0.0365. The van der Waals surface area contributed by atoms with Crippen molar-refractivity contribution in [3.8, 4) is 28.6 Å². The summed E-state index contributed by atoms with van der Waals surface area (Å²) in [6, 6.07) is 11.0. The van der Waals surface area contributed by atoms with Crippen LogP contribution in [0.15, 0.2) is 59.8 Å². The standard InChI is InChI=1S/C28H21BF3N3O4S/c1-13-3-2-4-16-15(8-10-38-24(13)16)20-12-34-27(35-20)18-11-14(5-6-19(18)30)39-25-22(32)21(31)23-17(7-9-33-23)26(25)40-28(29,36)37/h2-7,9,11-12,15,33,36-37H,8,10H2,1H3,(H,34,35). The van der Waals surface area contributed by atoms with E-state index in [-0.39, 0.29) is 50.6 Å². The highest BCUT2D eigenvalue weighted by Gasteiger charge is 2.29. The Kier molecular flexibility index (Phi) is 6.56. The summed E-state index contributed by atoms with van der Waals surface area (Å²) in [7, 11) is 5.32. The fraction of sp³-hybridized carbons (Fsp3) is 0.179. The molecule has 0 spiro atoms. The molecule has 0 saturated heterocycles. The minimum Gasteiger partial charge on any atom is -0.493 e. The van der Waals surface area contributed by atoms with Gasteiger partial charge in [0.25, 0.3) is 0 Å². The summed E-state index contributed by atoms with van der Waals surface area (Å²) < 4.78 is 56.5. The van der Waals surface area contributed by atoms with Gasteiger partial charge >= 0.3 is 0 Å². The number of ether oxygens (including phenoxy) is 2. The summed E-state index contributed by atoms with van der Waals surface area (Å²) in [6.07, 6.45) is 3.70. The SMILES string of the molecule is [B]C(O)(O)Sc1c(Oc2ccc(F)c(-c3ncc(C4CCOc5c(C)cccc54)[nH]3)c2)c(F)c(F)c2[nH]ccc12. The van der Waals surface area contributed by atoms with E-state index in [1.807, 2.05) is 25.1 Å². The molecule has 0 fully saturated rings. The van der Waals surface area contributed by atoms with Crippen LogP contribution in [-0.2, 0) is 0 Å². The number of H-pyrrole nitrogens is 2. The lowest BCUT2D eigenvalue weighted by molar-refractivity contribution is -0.00157. The number of benzene rings is 3. The molecule has 5 aromatic rings. The minimum atomic E-state index is -2.81. The van der Waals surface area contributed by atoms with E-state index < -0.39 is 28.2 Å². The summed E-state index contributed by atoms with van der Waals surface area (Å²) >= 11 is 0.256. The van der Waals surface area contributed by atoms with Crippen molar-refractivity contribution < 1.29 is 32.9 Å². The second-order valence-electron chi connectivity index (χ2n) is 9.43. The van der Waals surface area contributed by atoms with Crippen molar-refractivity contribution in [2.75, 3.05) is 6.61 Å². The highest BCUT2D eigenvalue weighted by atomic mass is 32.2. The molecular weight excluding hydrogens is 542 g/mol. The van der Waals surface area contributed by atoms with Crippen LogP contribution < -0.4 is 9.47 Å². The molecule has 0 bridgehead atoms. The molecule has 0 saturated carbocycles. The Balaban J connectivity index is 1.37. The molecule has 1 unspecified atom stereocenters. The Morgan fingerprint density at radius 2 is 1.98 bits per heavy atom. The number of halogens is 3. The summed E-state index contributed by atoms with van der Waals surface area (Å²) in [5.41, 5.74) is 2.63. The second-order valence-corrected chi connectivity index (χ2v) is 10.6. The number of fused-ring (bicyclic) bond motifs is 2. The summed E-state index contributed by atoms with van der Waals surface area (Å²) in [5.74, 6) is -2.92. The van der Waals surface area contributed by atoms with Crippen molar-refractivity contribution in [3.63, 3.8) is 0 Å². The molecule has 202 valence electrons. The van der Waals surface area contributed by atoms with E-state index in [9.17, 15) is 19.0 Å². The van der Waals surface area contributed by atoms with Crippen LogP contribution in [0.25, 0.3) is 22.3 Å². The van der Waals surface area contributed by atoms with E-state index in [1.54, 1.807) is 6.20 Å². The van der Waals surface area contributed by atoms with Gasteiger partial charge in [-0.3, -0.25) is 0 Å². The van der Waals surface area contributed by atoms with Gasteiger partial charge in [-0.2, -0.15) is 4.39 Å². The third kappa shape index (κ3) is 4.72. The number of aromatic amines is 2. The van der Waals surface area contributed by atoms with Crippen molar-refractivity contribution in [3.05, 3.63) is 89.1 Å². The van der Waals surface area contributed by atoms with Gasteiger partial charge in [0, 0.05) is 35.0 Å². The molecular formula is C28H21BF3N3O4S. The predicted octanol–water partition coefficient (Wildman–Crippen LogP) is 5.85. The quantitative estimate of drug-likeness (QED) is 0.118. The van der Waals surface area contributed by atoms with Gasteiger partial charge in [0.05, 0.1) is 22.6 Å². The first-order valence-corrected chi connectivity index (χ1v) is 13.1. The van der Waals surface area contributed by atoms with E-state index in [1.165, 1.54) is 24.4 Å². The van der Waals surface area contributed by atoms with Crippen LogP contribution in [-0.4, -0.2) is 44.6 Å². The Morgan fingerprint density at radius 1 is 1.15 bits per heavy atom. The van der Waals surface area contributed by atoms with Gasteiger partial charge in [-0.25, -0.2) is 13.8 Å². The lowest BCUT2D eigenvalue weighted by atomic mass is 9.89. The van der Waals surface area contributed by atoms with Crippen molar-refractivity contribution in [2.45, 2.75) is 29.2 Å². The van der Waals surface area contributed by atoms with Gasteiger partial charge in [-0.05, 0) is 43.2 Å². The van der Waals surface area contributed by atoms with Crippen molar-refractivity contribution >= 4 is 30.5 Å². The maximum absolute atomic E-state index is 15.2. The summed E-state index contributed by atoms with van der Waals surface area (Å²) in [6.45, 7) is 2.50. The number of para-hydroxylation sites is 1. The number of aromatic nitrogens is 3. The molecule has 40 heavy (non-hydrogen) atoms. The number of imidazole rings is 1. The third-order valence-electron chi connectivity index (χ3n) is 6.72. The molecule has 4 N–H and O–H groups in total. The van der Waals surface area contributed by atoms with Gasteiger partial charge in [0.1, 0.15) is 23.1 Å². The lowest BCUT2D eigenvalue weighted by Crippen LogP contribution is -2.22. The van der Waals surface area contributed by atoms with Crippen LogP contribution in [0.3, 0.4) is 0 Å². The highest BCUT2D eigenvalue weighted by Crippen LogP contribution is 2.45. The van der Waals surface area contributed by atoms with E-state index in [4.69, 9.17) is 17.3 Å². The van der Waals surface area contributed by atoms with Crippen LogP contribution in [0.4, 0.5) is 13.2 Å². The van der Waals surface area contributed by atoms with Crippen LogP contribution in [0.1, 0.15) is 29.2 Å². The molecule has 6 rings (SSSR count). The number of thioether (sulfide) groups is 1. The fourth-order valence-electron chi connectivity index (χ4n) is 4.93. The molecule has 2 radical (unpaired) electrons. The zero-order valence-electron chi connectivity index (χ0n) is 21.0. The maximum atomic E-state index is 15.2. The molecule has 12 heteroatoms. The normalized spacial score (nSPS) is 15.2. The topological polar surface area (TPSA) is 103 Å². The Morgan fingerprint density at radius 3 is 2.77 bits per heavy atom. The van der Waals surface area contributed by atoms with Crippen LogP contribution in [0, 0.1) is 24.4 Å². The molecule has 1 aliphatic heterocycles. The fourth-order valence-corrected chi connectivity index (χ4v) is 5.74. The lowest BCUT2D eigenvalue weighted by Gasteiger charge is -2.26. The largest absolute Gasteiger partial charge is 0.493 e. The highest BCUT2D eigenvalue weighted by molar-refractivity contribution is 8.01. The number of aryl methyl sites for hydroxylation is 1. The first-order chi connectivity index (χ1) is 19.1. The van der Waals surface area contributed by atoms with Gasteiger partial charge in [0.2, 0.25) is 5.82 Å². The smallest absolute Gasteiger partial charge is 0.204 e. The van der Waals surface area contributed by atoms with E-state index in [0.29, 0.717) is 13.0 Å². The molecule has 1 aliphatic rings.